The number of rotatable bonds is 4. The van der Waals surface area contributed by atoms with Crippen LogP contribution in [0.4, 0.5) is 5.69 Å². The van der Waals surface area contributed by atoms with Crippen LogP contribution in [0.15, 0.2) is 53.0 Å². The fraction of sp³-hybridized carbons (Fsp3) is 0.200. The van der Waals surface area contributed by atoms with Crippen molar-refractivity contribution in [2.24, 2.45) is 0 Å². The SMILES string of the molecule is CC(Cc1ccc(Br)cc1)Nc1ccccc1I. The lowest BCUT2D eigenvalue weighted by Crippen LogP contribution is -2.18. The Hall–Kier alpha value is -0.550. The number of benzene rings is 2. The maximum atomic E-state index is 3.55. The van der Waals surface area contributed by atoms with Crippen LogP contribution in [0.1, 0.15) is 12.5 Å². The molecular formula is C15H15BrIN. The Morgan fingerprint density at radius 3 is 2.44 bits per heavy atom. The molecule has 0 aliphatic rings. The molecule has 0 fully saturated rings. The van der Waals surface area contributed by atoms with Crippen LogP contribution in [0, 0.1) is 3.57 Å². The van der Waals surface area contributed by atoms with Gasteiger partial charge < -0.3 is 5.32 Å². The summed E-state index contributed by atoms with van der Waals surface area (Å²) in [7, 11) is 0. The molecule has 0 heterocycles. The first-order valence-electron chi connectivity index (χ1n) is 5.90. The second-order valence-electron chi connectivity index (χ2n) is 4.36. The van der Waals surface area contributed by atoms with E-state index >= 15 is 0 Å². The highest BCUT2D eigenvalue weighted by atomic mass is 127. The summed E-state index contributed by atoms with van der Waals surface area (Å²) in [5, 5.41) is 3.55. The third kappa shape index (κ3) is 3.99. The molecule has 0 saturated carbocycles. The summed E-state index contributed by atoms with van der Waals surface area (Å²) < 4.78 is 2.39. The first-order valence-corrected chi connectivity index (χ1v) is 7.78. The zero-order valence-corrected chi connectivity index (χ0v) is 13.9. The Morgan fingerprint density at radius 1 is 1.11 bits per heavy atom. The van der Waals surface area contributed by atoms with Gasteiger partial charge in [0, 0.05) is 19.8 Å². The molecule has 0 amide bonds. The van der Waals surface area contributed by atoms with E-state index in [1.807, 2.05) is 0 Å². The first kappa shape index (κ1) is 13.9. The van der Waals surface area contributed by atoms with E-state index in [2.05, 4.69) is 99.3 Å². The van der Waals surface area contributed by atoms with Crippen LogP contribution in [0.25, 0.3) is 0 Å². The summed E-state index contributed by atoms with van der Waals surface area (Å²) in [5.74, 6) is 0. The van der Waals surface area contributed by atoms with Crippen LogP contribution in [-0.4, -0.2) is 6.04 Å². The molecule has 2 aromatic rings. The normalized spacial score (nSPS) is 12.2. The second-order valence-corrected chi connectivity index (χ2v) is 6.43. The van der Waals surface area contributed by atoms with Crippen molar-refractivity contribution in [2.75, 3.05) is 5.32 Å². The highest BCUT2D eigenvalue weighted by molar-refractivity contribution is 14.1. The van der Waals surface area contributed by atoms with Crippen LogP contribution >= 0.6 is 38.5 Å². The number of para-hydroxylation sites is 1. The Balaban J connectivity index is 1.99. The summed E-state index contributed by atoms with van der Waals surface area (Å²) in [5.41, 5.74) is 2.56. The van der Waals surface area contributed by atoms with Gasteiger partial charge >= 0.3 is 0 Å². The molecule has 0 saturated heterocycles. The molecule has 1 N–H and O–H groups in total. The molecular weight excluding hydrogens is 401 g/mol. The van der Waals surface area contributed by atoms with E-state index in [-0.39, 0.29) is 0 Å². The lowest BCUT2D eigenvalue weighted by atomic mass is 10.1. The molecule has 0 bridgehead atoms. The average molecular weight is 416 g/mol. The molecule has 1 atom stereocenters. The van der Waals surface area contributed by atoms with Gasteiger partial charge in [-0.2, -0.15) is 0 Å². The lowest BCUT2D eigenvalue weighted by molar-refractivity contribution is 0.789. The van der Waals surface area contributed by atoms with Gasteiger partial charge in [-0.15, -0.1) is 0 Å². The molecule has 0 aliphatic heterocycles. The summed E-state index contributed by atoms with van der Waals surface area (Å²) in [6.07, 6.45) is 1.03. The average Bonchev–Trinajstić information content (AvgIpc) is 2.35. The van der Waals surface area contributed by atoms with Gasteiger partial charge in [0.25, 0.3) is 0 Å². The van der Waals surface area contributed by atoms with Gasteiger partial charge in [0.1, 0.15) is 0 Å². The standard InChI is InChI=1S/C15H15BrIN/c1-11(10-12-6-8-13(16)9-7-12)18-15-5-3-2-4-14(15)17/h2-9,11,18H,10H2,1H3. The molecule has 2 aromatic carbocycles. The maximum Gasteiger partial charge on any atom is 0.0478 e. The number of halogens is 2. The Morgan fingerprint density at radius 2 is 1.78 bits per heavy atom. The maximum absolute atomic E-state index is 3.55. The summed E-state index contributed by atoms with van der Waals surface area (Å²) >= 11 is 5.82. The van der Waals surface area contributed by atoms with Crippen molar-refractivity contribution in [1.82, 2.24) is 0 Å². The summed E-state index contributed by atoms with van der Waals surface area (Å²) in [6, 6.07) is 17.3. The molecule has 0 aromatic heterocycles. The molecule has 0 spiro atoms. The Kier molecular flexibility index (Phi) is 5.06. The van der Waals surface area contributed by atoms with Gasteiger partial charge in [0.15, 0.2) is 0 Å². The van der Waals surface area contributed by atoms with E-state index in [1.165, 1.54) is 14.8 Å². The van der Waals surface area contributed by atoms with Gasteiger partial charge in [0.05, 0.1) is 0 Å². The highest BCUT2D eigenvalue weighted by Gasteiger charge is 2.05. The minimum Gasteiger partial charge on any atom is -0.381 e. The van der Waals surface area contributed by atoms with Crippen LogP contribution in [-0.2, 0) is 6.42 Å². The molecule has 3 heteroatoms. The molecule has 1 nitrogen and oxygen atoms in total. The Labute approximate surface area is 130 Å². The molecule has 94 valence electrons. The van der Waals surface area contributed by atoms with E-state index in [9.17, 15) is 0 Å². The second kappa shape index (κ2) is 6.57. The van der Waals surface area contributed by atoms with Gasteiger partial charge in [-0.1, -0.05) is 40.2 Å². The largest absolute Gasteiger partial charge is 0.381 e. The Bertz CT molecular complexity index is 510. The smallest absolute Gasteiger partial charge is 0.0478 e. The van der Waals surface area contributed by atoms with Crippen LogP contribution in [0.5, 0.6) is 0 Å². The third-order valence-electron chi connectivity index (χ3n) is 2.73. The van der Waals surface area contributed by atoms with Crippen molar-refractivity contribution in [3.8, 4) is 0 Å². The minimum atomic E-state index is 0.419. The predicted octanol–water partition coefficient (Wildman–Crippen LogP) is 5.10. The summed E-state index contributed by atoms with van der Waals surface area (Å²) in [4.78, 5) is 0. The topological polar surface area (TPSA) is 12.0 Å². The predicted molar refractivity (Wildman–Crippen MR) is 90.1 cm³/mol. The van der Waals surface area contributed by atoms with E-state index in [4.69, 9.17) is 0 Å². The van der Waals surface area contributed by atoms with Gasteiger partial charge in [-0.25, -0.2) is 0 Å². The zero-order valence-electron chi connectivity index (χ0n) is 10.2. The number of anilines is 1. The first-order chi connectivity index (χ1) is 8.65. The van der Waals surface area contributed by atoms with Crippen molar-refractivity contribution in [3.63, 3.8) is 0 Å². The fourth-order valence-corrected chi connectivity index (χ4v) is 2.68. The molecule has 18 heavy (non-hydrogen) atoms. The molecule has 2 rings (SSSR count). The van der Waals surface area contributed by atoms with Gasteiger partial charge in [0.2, 0.25) is 0 Å². The van der Waals surface area contributed by atoms with E-state index in [0.717, 1.165) is 10.9 Å². The zero-order chi connectivity index (χ0) is 13.0. The number of hydrogen-bond acceptors (Lipinski definition) is 1. The van der Waals surface area contributed by atoms with Crippen molar-refractivity contribution in [2.45, 2.75) is 19.4 Å². The van der Waals surface area contributed by atoms with E-state index in [1.54, 1.807) is 0 Å². The number of hydrogen-bond donors (Lipinski definition) is 1. The molecule has 1 unspecified atom stereocenters. The van der Waals surface area contributed by atoms with Gasteiger partial charge in [-0.3, -0.25) is 0 Å². The van der Waals surface area contributed by atoms with Crippen LogP contribution in [0.2, 0.25) is 0 Å². The van der Waals surface area contributed by atoms with Crippen molar-refractivity contribution in [3.05, 3.63) is 62.1 Å². The monoisotopic (exact) mass is 415 g/mol. The van der Waals surface area contributed by atoms with Crippen molar-refractivity contribution >= 4 is 44.2 Å². The van der Waals surface area contributed by atoms with E-state index in [0.29, 0.717) is 6.04 Å². The van der Waals surface area contributed by atoms with E-state index < -0.39 is 0 Å². The van der Waals surface area contributed by atoms with Crippen molar-refractivity contribution in [1.29, 1.82) is 0 Å². The summed E-state index contributed by atoms with van der Waals surface area (Å²) in [6.45, 7) is 2.21. The van der Waals surface area contributed by atoms with Crippen LogP contribution in [0.3, 0.4) is 0 Å². The minimum absolute atomic E-state index is 0.419. The van der Waals surface area contributed by atoms with Crippen LogP contribution < -0.4 is 5.32 Å². The lowest BCUT2D eigenvalue weighted by Gasteiger charge is -2.16. The van der Waals surface area contributed by atoms with Crippen molar-refractivity contribution < 1.29 is 0 Å². The van der Waals surface area contributed by atoms with Gasteiger partial charge in [-0.05, 0) is 65.8 Å². The fourth-order valence-electron chi connectivity index (χ4n) is 1.87. The molecule has 0 radical (unpaired) electrons. The highest BCUT2D eigenvalue weighted by Crippen LogP contribution is 2.19. The quantitative estimate of drug-likeness (QED) is 0.685. The number of nitrogens with one attached hydrogen (secondary N) is 1. The third-order valence-corrected chi connectivity index (χ3v) is 4.20. The molecule has 0 aliphatic carbocycles.